The van der Waals surface area contributed by atoms with Crippen LogP contribution in [0.15, 0.2) is 47.5 Å². The SMILES string of the molecule is CCNC(=NCc1cccc(COC(C)C)c1)NCc1ccc(OC)cc1OC.I. The Morgan fingerprint density at radius 1 is 1.00 bits per heavy atom. The molecular formula is C23H34IN3O3. The molecule has 30 heavy (non-hydrogen) atoms. The van der Waals surface area contributed by atoms with E-state index in [1.165, 1.54) is 0 Å². The van der Waals surface area contributed by atoms with E-state index in [4.69, 9.17) is 19.2 Å². The van der Waals surface area contributed by atoms with Crippen LogP contribution in [0, 0.1) is 0 Å². The smallest absolute Gasteiger partial charge is 0.191 e. The molecule has 0 spiro atoms. The van der Waals surface area contributed by atoms with Gasteiger partial charge < -0.3 is 24.8 Å². The van der Waals surface area contributed by atoms with E-state index in [1.807, 2.05) is 38.1 Å². The molecule has 0 unspecified atom stereocenters. The number of rotatable bonds is 10. The Morgan fingerprint density at radius 2 is 1.77 bits per heavy atom. The number of nitrogens with zero attached hydrogens (tertiary/aromatic N) is 1. The molecular weight excluding hydrogens is 493 g/mol. The molecule has 0 saturated heterocycles. The maximum absolute atomic E-state index is 5.69. The first-order valence-corrected chi connectivity index (χ1v) is 9.98. The number of guanidine groups is 1. The van der Waals surface area contributed by atoms with E-state index in [9.17, 15) is 0 Å². The quantitative estimate of drug-likeness (QED) is 0.271. The van der Waals surface area contributed by atoms with Crippen LogP contribution in [-0.2, 0) is 24.4 Å². The lowest BCUT2D eigenvalue weighted by molar-refractivity contribution is 0.0657. The number of hydrogen-bond acceptors (Lipinski definition) is 4. The molecule has 2 rings (SSSR count). The lowest BCUT2D eigenvalue weighted by atomic mass is 10.1. The van der Waals surface area contributed by atoms with Crippen molar-refractivity contribution in [3.8, 4) is 11.5 Å². The van der Waals surface area contributed by atoms with Crippen molar-refractivity contribution in [2.45, 2.75) is 46.6 Å². The third kappa shape index (κ3) is 8.79. The van der Waals surface area contributed by atoms with Crippen molar-refractivity contribution in [2.24, 2.45) is 4.99 Å². The summed E-state index contributed by atoms with van der Waals surface area (Å²) in [6, 6.07) is 14.1. The zero-order valence-corrected chi connectivity index (χ0v) is 20.9. The predicted molar refractivity (Wildman–Crippen MR) is 133 cm³/mol. The molecule has 0 heterocycles. The highest BCUT2D eigenvalue weighted by molar-refractivity contribution is 14.0. The second kappa shape index (κ2) is 14.1. The van der Waals surface area contributed by atoms with Crippen LogP contribution in [0.4, 0.5) is 0 Å². The first-order chi connectivity index (χ1) is 14.0. The van der Waals surface area contributed by atoms with Crippen LogP contribution in [0.2, 0.25) is 0 Å². The molecule has 0 fully saturated rings. The van der Waals surface area contributed by atoms with Gasteiger partial charge in [0, 0.05) is 24.7 Å². The van der Waals surface area contributed by atoms with Gasteiger partial charge >= 0.3 is 0 Å². The average molecular weight is 527 g/mol. The summed E-state index contributed by atoms with van der Waals surface area (Å²) in [6.07, 6.45) is 0.219. The van der Waals surface area contributed by atoms with Gasteiger partial charge in [0.15, 0.2) is 5.96 Å². The summed E-state index contributed by atoms with van der Waals surface area (Å²) < 4.78 is 16.4. The maximum atomic E-state index is 5.69. The van der Waals surface area contributed by atoms with Crippen LogP contribution in [0.25, 0.3) is 0 Å². The zero-order chi connectivity index (χ0) is 21.1. The highest BCUT2D eigenvalue weighted by Crippen LogP contribution is 2.24. The molecule has 0 atom stereocenters. The highest BCUT2D eigenvalue weighted by atomic mass is 127. The number of nitrogens with one attached hydrogen (secondary N) is 2. The van der Waals surface area contributed by atoms with Crippen LogP contribution < -0.4 is 20.1 Å². The lowest BCUT2D eigenvalue weighted by Gasteiger charge is -2.14. The van der Waals surface area contributed by atoms with E-state index in [0.29, 0.717) is 19.7 Å². The van der Waals surface area contributed by atoms with Gasteiger partial charge in [-0.25, -0.2) is 4.99 Å². The molecule has 2 N–H and O–H groups in total. The number of hydrogen-bond donors (Lipinski definition) is 2. The van der Waals surface area contributed by atoms with Gasteiger partial charge in [-0.1, -0.05) is 24.3 Å². The van der Waals surface area contributed by atoms with E-state index in [0.717, 1.165) is 40.7 Å². The Kier molecular flexibility index (Phi) is 12.2. The molecule has 0 saturated carbocycles. The van der Waals surface area contributed by atoms with Crippen molar-refractivity contribution >= 4 is 29.9 Å². The lowest BCUT2D eigenvalue weighted by Crippen LogP contribution is -2.36. The van der Waals surface area contributed by atoms with Crippen molar-refractivity contribution < 1.29 is 14.2 Å². The predicted octanol–water partition coefficient (Wildman–Crippen LogP) is 4.50. The standard InChI is InChI=1S/C23H33N3O3.HI/c1-6-24-23(26-15-20-10-11-21(27-4)13-22(20)28-5)25-14-18-8-7-9-19(12-18)16-29-17(2)3;/h7-13,17H,6,14-16H2,1-5H3,(H2,24,25,26);1H. The molecule has 0 aliphatic carbocycles. The molecule has 0 aliphatic heterocycles. The van der Waals surface area contributed by atoms with Crippen molar-refractivity contribution in [3.63, 3.8) is 0 Å². The number of aliphatic imine (C=N–C) groups is 1. The minimum Gasteiger partial charge on any atom is -0.497 e. The van der Waals surface area contributed by atoms with Gasteiger partial charge in [-0.05, 0) is 44.0 Å². The molecule has 0 bridgehead atoms. The fraction of sp³-hybridized carbons (Fsp3) is 0.435. The molecule has 0 amide bonds. The van der Waals surface area contributed by atoms with Crippen molar-refractivity contribution in [3.05, 3.63) is 59.2 Å². The molecule has 6 nitrogen and oxygen atoms in total. The molecule has 0 aromatic heterocycles. The number of halogens is 1. The van der Waals surface area contributed by atoms with Gasteiger partial charge in [0.25, 0.3) is 0 Å². The van der Waals surface area contributed by atoms with Gasteiger partial charge in [0.05, 0.1) is 33.5 Å². The van der Waals surface area contributed by atoms with E-state index in [-0.39, 0.29) is 30.1 Å². The summed E-state index contributed by atoms with van der Waals surface area (Å²) in [5, 5.41) is 6.65. The largest absolute Gasteiger partial charge is 0.497 e. The van der Waals surface area contributed by atoms with E-state index >= 15 is 0 Å². The average Bonchev–Trinajstić information content (AvgIpc) is 2.74. The summed E-state index contributed by atoms with van der Waals surface area (Å²) in [6.45, 7) is 8.72. The van der Waals surface area contributed by atoms with Gasteiger partial charge in [-0.3, -0.25) is 0 Å². The zero-order valence-electron chi connectivity index (χ0n) is 18.5. The Labute approximate surface area is 197 Å². The fourth-order valence-corrected chi connectivity index (χ4v) is 2.77. The van der Waals surface area contributed by atoms with Gasteiger partial charge in [-0.2, -0.15) is 0 Å². The Morgan fingerprint density at radius 3 is 2.43 bits per heavy atom. The highest BCUT2D eigenvalue weighted by Gasteiger charge is 2.06. The summed E-state index contributed by atoms with van der Waals surface area (Å²) in [4.78, 5) is 4.71. The first-order valence-electron chi connectivity index (χ1n) is 9.98. The van der Waals surface area contributed by atoms with Crippen LogP contribution in [-0.4, -0.2) is 32.8 Å². The number of benzene rings is 2. The summed E-state index contributed by atoms with van der Waals surface area (Å²) in [5.74, 6) is 2.31. The Hall–Kier alpha value is -2.00. The van der Waals surface area contributed by atoms with E-state index in [1.54, 1.807) is 14.2 Å². The number of methoxy groups -OCH3 is 2. The van der Waals surface area contributed by atoms with Crippen LogP contribution in [0.1, 0.15) is 37.5 Å². The van der Waals surface area contributed by atoms with Crippen LogP contribution >= 0.6 is 24.0 Å². The Balaban J connectivity index is 0.00000450. The third-order valence-electron chi connectivity index (χ3n) is 4.28. The summed E-state index contributed by atoms with van der Waals surface area (Å²) in [5.41, 5.74) is 3.34. The normalized spacial score (nSPS) is 11.1. The van der Waals surface area contributed by atoms with Gasteiger partial charge in [0.1, 0.15) is 11.5 Å². The molecule has 2 aromatic carbocycles. The second-order valence-electron chi connectivity index (χ2n) is 6.91. The second-order valence-corrected chi connectivity index (χ2v) is 6.91. The molecule has 166 valence electrons. The van der Waals surface area contributed by atoms with Crippen LogP contribution in [0.3, 0.4) is 0 Å². The van der Waals surface area contributed by atoms with Crippen LogP contribution in [0.5, 0.6) is 11.5 Å². The summed E-state index contributed by atoms with van der Waals surface area (Å²) >= 11 is 0. The number of ether oxygens (including phenoxy) is 3. The van der Waals surface area contributed by atoms with Gasteiger partial charge in [0.2, 0.25) is 0 Å². The summed E-state index contributed by atoms with van der Waals surface area (Å²) in [7, 11) is 3.31. The maximum Gasteiger partial charge on any atom is 0.191 e. The topological polar surface area (TPSA) is 64.1 Å². The van der Waals surface area contributed by atoms with Gasteiger partial charge in [-0.15, -0.1) is 24.0 Å². The van der Waals surface area contributed by atoms with Crippen molar-refractivity contribution in [1.82, 2.24) is 10.6 Å². The van der Waals surface area contributed by atoms with E-state index < -0.39 is 0 Å². The minimum atomic E-state index is 0. The molecule has 7 heteroatoms. The monoisotopic (exact) mass is 527 g/mol. The van der Waals surface area contributed by atoms with Crippen molar-refractivity contribution in [1.29, 1.82) is 0 Å². The minimum absolute atomic E-state index is 0. The Bertz CT molecular complexity index is 797. The molecule has 2 aromatic rings. The van der Waals surface area contributed by atoms with Crippen molar-refractivity contribution in [2.75, 3.05) is 20.8 Å². The molecule has 0 radical (unpaired) electrons. The molecule has 0 aliphatic rings. The van der Waals surface area contributed by atoms with E-state index in [2.05, 4.69) is 35.8 Å². The fourth-order valence-electron chi connectivity index (χ4n) is 2.77. The first kappa shape index (κ1) is 26.0. The third-order valence-corrected chi connectivity index (χ3v) is 4.28.